The molecule has 7 heteroatoms. The molecule has 2 atom stereocenters. The molecule has 1 aliphatic rings. The minimum atomic E-state index is -1.15. The van der Waals surface area contributed by atoms with Crippen LogP contribution in [0.15, 0.2) is 18.2 Å². The van der Waals surface area contributed by atoms with Gasteiger partial charge < -0.3 is 20.5 Å². The third kappa shape index (κ3) is 2.37. The van der Waals surface area contributed by atoms with Crippen LogP contribution < -0.4 is 20.5 Å². The number of urea groups is 1. The Morgan fingerprint density at radius 1 is 1.27 bits per heavy atom. The van der Waals surface area contributed by atoms with Crippen molar-refractivity contribution in [3.05, 3.63) is 23.8 Å². The molecule has 3 amide bonds. The van der Waals surface area contributed by atoms with Crippen LogP contribution >= 0.6 is 0 Å². The summed E-state index contributed by atoms with van der Waals surface area (Å²) in [6, 6.07) is 4.31. The molecule has 7 nitrogen and oxygen atoms in total. The van der Waals surface area contributed by atoms with Crippen LogP contribution in [0.3, 0.4) is 0 Å². The number of methoxy groups -OCH3 is 2. The van der Waals surface area contributed by atoms with E-state index in [2.05, 4.69) is 5.32 Å². The predicted octanol–water partition coefficient (Wildman–Crippen LogP) is 0.818. The molecule has 120 valence electrons. The van der Waals surface area contributed by atoms with Crippen molar-refractivity contribution < 1.29 is 19.1 Å². The van der Waals surface area contributed by atoms with Crippen LogP contribution in [0.1, 0.15) is 19.4 Å². The maximum atomic E-state index is 12.7. The second kappa shape index (κ2) is 5.84. The number of hydrogen-bond donors (Lipinski definition) is 2. The number of rotatable bonds is 5. The Bertz CT molecular complexity index is 604. The molecule has 1 heterocycles. The van der Waals surface area contributed by atoms with Crippen molar-refractivity contribution in [3.63, 3.8) is 0 Å². The SMILES string of the molecule is COc1ccc(C2(C)NC(=O)N(C(C)CN)C2=O)cc1OC. The van der Waals surface area contributed by atoms with Gasteiger partial charge in [0.1, 0.15) is 5.54 Å². The summed E-state index contributed by atoms with van der Waals surface area (Å²) >= 11 is 0. The van der Waals surface area contributed by atoms with Crippen molar-refractivity contribution in [2.75, 3.05) is 20.8 Å². The lowest BCUT2D eigenvalue weighted by atomic mass is 9.91. The topological polar surface area (TPSA) is 93.9 Å². The van der Waals surface area contributed by atoms with E-state index in [9.17, 15) is 9.59 Å². The van der Waals surface area contributed by atoms with Gasteiger partial charge in [0, 0.05) is 6.54 Å². The molecular formula is C15H21N3O4. The molecule has 0 spiro atoms. The van der Waals surface area contributed by atoms with Gasteiger partial charge in [-0.2, -0.15) is 0 Å². The van der Waals surface area contributed by atoms with Gasteiger partial charge in [0.15, 0.2) is 11.5 Å². The number of carbonyl (C=O) groups is 2. The Labute approximate surface area is 129 Å². The summed E-state index contributed by atoms with van der Waals surface area (Å²) in [4.78, 5) is 26.0. The lowest BCUT2D eigenvalue weighted by Crippen LogP contribution is -2.45. The van der Waals surface area contributed by atoms with E-state index in [-0.39, 0.29) is 18.5 Å². The van der Waals surface area contributed by atoms with Crippen LogP contribution in [0.5, 0.6) is 11.5 Å². The van der Waals surface area contributed by atoms with Gasteiger partial charge in [-0.05, 0) is 31.5 Å². The number of nitrogens with one attached hydrogen (secondary N) is 1. The minimum Gasteiger partial charge on any atom is -0.493 e. The first-order chi connectivity index (χ1) is 10.4. The molecule has 22 heavy (non-hydrogen) atoms. The summed E-state index contributed by atoms with van der Waals surface area (Å²) in [5, 5.41) is 2.74. The Hall–Kier alpha value is -2.28. The first kappa shape index (κ1) is 16.1. The van der Waals surface area contributed by atoms with E-state index in [0.717, 1.165) is 4.90 Å². The Morgan fingerprint density at radius 3 is 2.45 bits per heavy atom. The summed E-state index contributed by atoms with van der Waals surface area (Å²) < 4.78 is 10.4. The van der Waals surface area contributed by atoms with Gasteiger partial charge >= 0.3 is 6.03 Å². The Morgan fingerprint density at radius 2 is 1.91 bits per heavy atom. The van der Waals surface area contributed by atoms with E-state index in [1.165, 1.54) is 14.2 Å². The number of nitrogens with two attached hydrogens (primary N) is 1. The number of imide groups is 1. The molecule has 3 N–H and O–H groups in total. The summed E-state index contributed by atoms with van der Waals surface area (Å²) in [5.74, 6) is 0.718. The molecule has 0 radical (unpaired) electrons. The van der Waals surface area contributed by atoms with Gasteiger partial charge in [0.05, 0.1) is 20.3 Å². The maximum absolute atomic E-state index is 12.7. The molecule has 1 aromatic rings. The average Bonchev–Trinajstić information content (AvgIpc) is 2.76. The summed E-state index contributed by atoms with van der Waals surface area (Å²) in [6.45, 7) is 3.61. The number of carbonyl (C=O) groups excluding carboxylic acids is 2. The van der Waals surface area contributed by atoms with E-state index in [1.807, 2.05) is 0 Å². The Balaban J connectivity index is 2.43. The first-order valence-electron chi connectivity index (χ1n) is 6.97. The van der Waals surface area contributed by atoms with Crippen molar-refractivity contribution in [1.82, 2.24) is 10.2 Å². The lowest BCUT2D eigenvalue weighted by Gasteiger charge is -2.25. The molecule has 0 aromatic heterocycles. The van der Waals surface area contributed by atoms with E-state index >= 15 is 0 Å². The van der Waals surface area contributed by atoms with Crippen LogP contribution in [0, 0.1) is 0 Å². The highest BCUT2D eigenvalue weighted by Gasteiger charge is 2.50. The van der Waals surface area contributed by atoms with Gasteiger partial charge in [-0.3, -0.25) is 9.69 Å². The molecular weight excluding hydrogens is 286 g/mol. The molecule has 1 aliphatic heterocycles. The normalized spacial score (nSPS) is 22.5. The second-order valence-corrected chi connectivity index (χ2v) is 5.38. The monoisotopic (exact) mass is 307 g/mol. The minimum absolute atomic E-state index is 0.209. The fourth-order valence-electron chi connectivity index (χ4n) is 2.51. The smallest absolute Gasteiger partial charge is 0.325 e. The van der Waals surface area contributed by atoms with Crippen molar-refractivity contribution in [2.24, 2.45) is 5.73 Å². The standard InChI is InChI=1S/C15H21N3O4/c1-9(8-16)18-13(19)15(2,17-14(18)20)10-5-6-11(21-3)12(7-10)22-4/h5-7,9H,8,16H2,1-4H3,(H,17,20). The fourth-order valence-corrected chi connectivity index (χ4v) is 2.51. The molecule has 1 saturated heterocycles. The summed E-state index contributed by atoms with van der Waals surface area (Å²) in [5.41, 5.74) is 5.04. The average molecular weight is 307 g/mol. The van der Waals surface area contributed by atoms with Gasteiger partial charge in [0.2, 0.25) is 0 Å². The highest BCUT2D eigenvalue weighted by molar-refractivity contribution is 6.07. The Kier molecular flexibility index (Phi) is 4.27. The zero-order valence-corrected chi connectivity index (χ0v) is 13.2. The zero-order valence-electron chi connectivity index (χ0n) is 13.2. The van der Waals surface area contributed by atoms with Crippen LogP contribution in [-0.4, -0.2) is 43.6 Å². The highest BCUT2D eigenvalue weighted by Crippen LogP contribution is 2.35. The molecule has 1 fully saturated rings. The third-order valence-electron chi connectivity index (χ3n) is 3.97. The largest absolute Gasteiger partial charge is 0.493 e. The van der Waals surface area contributed by atoms with Gasteiger partial charge in [-0.1, -0.05) is 6.07 Å². The fraction of sp³-hybridized carbons (Fsp3) is 0.467. The van der Waals surface area contributed by atoms with Gasteiger partial charge in [-0.25, -0.2) is 4.79 Å². The maximum Gasteiger partial charge on any atom is 0.325 e. The van der Waals surface area contributed by atoms with E-state index < -0.39 is 11.6 Å². The van der Waals surface area contributed by atoms with Gasteiger partial charge in [-0.15, -0.1) is 0 Å². The highest BCUT2D eigenvalue weighted by atomic mass is 16.5. The molecule has 2 rings (SSSR count). The van der Waals surface area contributed by atoms with Crippen molar-refractivity contribution in [3.8, 4) is 11.5 Å². The van der Waals surface area contributed by atoms with Crippen LogP contribution in [0.25, 0.3) is 0 Å². The molecule has 1 aromatic carbocycles. The van der Waals surface area contributed by atoms with Crippen LogP contribution in [0.2, 0.25) is 0 Å². The number of amides is 3. The third-order valence-corrected chi connectivity index (χ3v) is 3.97. The van der Waals surface area contributed by atoms with E-state index in [0.29, 0.717) is 17.1 Å². The summed E-state index contributed by atoms with van der Waals surface area (Å²) in [7, 11) is 3.05. The van der Waals surface area contributed by atoms with Crippen molar-refractivity contribution >= 4 is 11.9 Å². The zero-order chi connectivity index (χ0) is 16.5. The predicted molar refractivity (Wildman–Crippen MR) is 80.8 cm³/mol. The number of hydrogen-bond acceptors (Lipinski definition) is 5. The second-order valence-electron chi connectivity index (χ2n) is 5.38. The number of ether oxygens (including phenoxy) is 2. The number of nitrogens with zero attached hydrogens (tertiary/aromatic N) is 1. The van der Waals surface area contributed by atoms with Crippen LogP contribution in [-0.2, 0) is 10.3 Å². The van der Waals surface area contributed by atoms with Crippen LogP contribution in [0.4, 0.5) is 4.79 Å². The van der Waals surface area contributed by atoms with E-state index in [4.69, 9.17) is 15.2 Å². The molecule has 0 saturated carbocycles. The van der Waals surface area contributed by atoms with Crippen molar-refractivity contribution in [1.29, 1.82) is 0 Å². The molecule has 2 unspecified atom stereocenters. The van der Waals surface area contributed by atoms with Crippen molar-refractivity contribution in [2.45, 2.75) is 25.4 Å². The van der Waals surface area contributed by atoms with Gasteiger partial charge in [0.25, 0.3) is 5.91 Å². The van der Waals surface area contributed by atoms with E-state index in [1.54, 1.807) is 32.0 Å². The molecule has 0 bridgehead atoms. The first-order valence-corrected chi connectivity index (χ1v) is 6.97. The molecule has 0 aliphatic carbocycles. The number of benzene rings is 1. The lowest BCUT2D eigenvalue weighted by molar-refractivity contribution is -0.132. The summed E-state index contributed by atoms with van der Waals surface area (Å²) in [6.07, 6.45) is 0. The quantitative estimate of drug-likeness (QED) is 0.785.